The van der Waals surface area contributed by atoms with E-state index < -0.39 is 30.2 Å². The highest BCUT2D eigenvalue weighted by Crippen LogP contribution is 2.20. The molecule has 6 nitrogen and oxygen atoms in total. The van der Waals surface area contributed by atoms with Crippen LogP contribution in [0, 0.1) is 0 Å². The molecular weight excluding hydrogens is 372 g/mol. The van der Waals surface area contributed by atoms with Crippen molar-refractivity contribution in [1.29, 1.82) is 0 Å². The molecule has 0 heterocycles. The molecule has 2 aromatic carbocycles. The number of halogens is 1. The summed E-state index contributed by atoms with van der Waals surface area (Å²) in [5.41, 5.74) is 1.23. The van der Waals surface area contributed by atoms with Crippen LogP contribution in [0.1, 0.15) is 11.1 Å². The lowest BCUT2D eigenvalue weighted by atomic mass is 9.99. The van der Waals surface area contributed by atoms with E-state index in [4.69, 9.17) is 11.9 Å². The molecule has 4 unspecified atom stereocenters. The van der Waals surface area contributed by atoms with E-state index in [9.17, 15) is 25.5 Å². The summed E-state index contributed by atoms with van der Waals surface area (Å²) in [6.45, 7) is 0. The van der Waals surface area contributed by atoms with Gasteiger partial charge in [0.1, 0.15) is 42.0 Å². The van der Waals surface area contributed by atoms with Crippen molar-refractivity contribution in [2.24, 2.45) is 0 Å². The highest BCUT2D eigenvalue weighted by Gasteiger charge is 2.35. The molecule has 2 aromatic rings. The number of aliphatic hydroxyl groups is 5. The quantitative estimate of drug-likeness (QED) is 0.441. The molecule has 0 aliphatic rings. The lowest BCUT2D eigenvalue weighted by Crippen LogP contribution is -2.45. The van der Waals surface area contributed by atoms with Crippen molar-refractivity contribution in [3.8, 4) is 0 Å². The van der Waals surface area contributed by atoms with Gasteiger partial charge >= 0.3 is 0 Å². The Hall–Kier alpha value is -2.35. The lowest BCUT2D eigenvalue weighted by molar-refractivity contribution is -0.0983. The first-order valence-corrected chi connectivity index (χ1v) is 8.48. The van der Waals surface area contributed by atoms with Gasteiger partial charge in [0.2, 0.25) is 0 Å². The highest BCUT2D eigenvalue weighted by molar-refractivity contribution is 6.08. The Morgan fingerprint density at radius 3 is 1.67 bits per heavy atom. The Balaban J connectivity index is 2.13. The molecule has 27 heavy (non-hydrogen) atoms. The minimum atomic E-state index is -1.90. The Kier molecular flexibility index (Phi) is 7.84. The van der Waals surface area contributed by atoms with Gasteiger partial charge in [-0.15, -0.1) is 0 Å². The average Bonchev–Trinajstić information content (AvgIpc) is 2.71. The molecule has 0 aromatic heterocycles. The maximum absolute atomic E-state index is 10.2. The van der Waals surface area contributed by atoms with Crippen molar-refractivity contribution in [3.63, 3.8) is 0 Å². The SMILES string of the molecule is OC(=Cc1ccccc1)C(O)C(O)C(O)C(O)C(=Cc1ccccc1)OCl. The third kappa shape index (κ3) is 5.82. The van der Waals surface area contributed by atoms with Crippen LogP contribution in [0.4, 0.5) is 0 Å². The molecule has 2 rings (SSSR count). The van der Waals surface area contributed by atoms with Gasteiger partial charge in [0.25, 0.3) is 0 Å². The molecule has 0 aliphatic heterocycles. The molecule has 0 amide bonds. The predicted molar refractivity (Wildman–Crippen MR) is 102 cm³/mol. The van der Waals surface area contributed by atoms with Gasteiger partial charge in [-0.1, -0.05) is 60.7 Å². The Morgan fingerprint density at radius 1 is 0.741 bits per heavy atom. The smallest absolute Gasteiger partial charge is 0.155 e. The third-order valence-electron chi connectivity index (χ3n) is 3.90. The third-order valence-corrected chi connectivity index (χ3v) is 4.08. The number of aliphatic hydroxyl groups excluding tert-OH is 5. The molecule has 0 saturated heterocycles. The van der Waals surface area contributed by atoms with Gasteiger partial charge in [-0.05, 0) is 23.3 Å². The van der Waals surface area contributed by atoms with Gasteiger partial charge < -0.3 is 29.8 Å². The van der Waals surface area contributed by atoms with Crippen LogP contribution in [0.15, 0.2) is 72.2 Å². The van der Waals surface area contributed by atoms with Gasteiger partial charge in [-0.3, -0.25) is 0 Å². The largest absolute Gasteiger partial charge is 0.509 e. The minimum absolute atomic E-state index is 0.229. The van der Waals surface area contributed by atoms with Crippen LogP contribution in [0.25, 0.3) is 12.2 Å². The molecular formula is C20H21ClO6. The fourth-order valence-corrected chi connectivity index (χ4v) is 2.52. The first-order chi connectivity index (χ1) is 12.9. The second-order valence-electron chi connectivity index (χ2n) is 5.89. The minimum Gasteiger partial charge on any atom is -0.509 e. The molecule has 144 valence electrons. The molecule has 0 aliphatic carbocycles. The first-order valence-electron chi connectivity index (χ1n) is 8.17. The van der Waals surface area contributed by atoms with Crippen LogP contribution in [-0.4, -0.2) is 49.9 Å². The monoisotopic (exact) mass is 392 g/mol. The van der Waals surface area contributed by atoms with Gasteiger partial charge in [-0.2, -0.15) is 0 Å². The molecule has 7 heteroatoms. The zero-order valence-electron chi connectivity index (χ0n) is 14.3. The van der Waals surface area contributed by atoms with Crippen molar-refractivity contribution in [1.82, 2.24) is 0 Å². The summed E-state index contributed by atoms with van der Waals surface area (Å²) in [6, 6.07) is 17.4. The van der Waals surface area contributed by atoms with Gasteiger partial charge in [0, 0.05) is 0 Å². The number of hydrogen-bond donors (Lipinski definition) is 5. The second-order valence-corrected chi connectivity index (χ2v) is 6.04. The number of benzene rings is 2. The van der Waals surface area contributed by atoms with Crippen molar-refractivity contribution in [2.75, 3.05) is 0 Å². The van der Waals surface area contributed by atoms with E-state index in [0.29, 0.717) is 11.1 Å². The summed E-state index contributed by atoms with van der Waals surface area (Å²) >= 11 is 5.37. The molecule has 0 fully saturated rings. The van der Waals surface area contributed by atoms with Gasteiger partial charge in [0.15, 0.2) is 5.76 Å². The maximum Gasteiger partial charge on any atom is 0.155 e. The zero-order chi connectivity index (χ0) is 19.8. The lowest BCUT2D eigenvalue weighted by Gasteiger charge is -2.26. The van der Waals surface area contributed by atoms with Gasteiger partial charge in [-0.25, -0.2) is 0 Å². The van der Waals surface area contributed by atoms with Crippen molar-refractivity contribution in [3.05, 3.63) is 83.3 Å². The van der Waals surface area contributed by atoms with Crippen LogP contribution in [-0.2, 0) is 4.29 Å². The summed E-state index contributed by atoms with van der Waals surface area (Å²) in [5, 5.41) is 50.6. The van der Waals surface area contributed by atoms with Crippen LogP contribution in [0.2, 0.25) is 0 Å². The molecule has 4 atom stereocenters. The normalized spacial score (nSPS) is 17.1. The Labute approximate surface area is 162 Å². The van der Waals surface area contributed by atoms with Crippen molar-refractivity contribution in [2.45, 2.75) is 24.4 Å². The van der Waals surface area contributed by atoms with E-state index in [1.807, 2.05) is 0 Å². The highest BCUT2D eigenvalue weighted by atomic mass is 35.5. The van der Waals surface area contributed by atoms with Crippen LogP contribution >= 0.6 is 11.9 Å². The van der Waals surface area contributed by atoms with E-state index in [0.717, 1.165) is 0 Å². The molecule has 0 saturated carbocycles. The first kappa shape index (κ1) is 21.0. The summed E-state index contributed by atoms with van der Waals surface area (Å²) in [4.78, 5) is 0. The standard InChI is InChI=1S/C20H21ClO6/c21-27-16(12-14-9-5-2-6-10-14)18(24)20(26)19(25)17(23)15(22)11-13-7-3-1-4-8-13/h1-12,17-20,22-26H. The fourth-order valence-electron chi connectivity index (χ4n) is 2.39. The van der Waals surface area contributed by atoms with E-state index in [2.05, 4.69) is 4.29 Å². The number of hydrogen-bond acceptors (Lipinski definition) is 6. The summed E-state index contributed by atoms with van der Waals surface area (Å²) in [7, 11) is 0. The zero-order valence-corrected chi connectivity index (χ0v) is 15.0. The van der Waals surface area contributed by atoms with Crippen molar-refractivity contribution >= 4 is 24.0 Å². The fraction of sp³-hybridized carbons (Fsp3) is 0.200. The van der Waals surface area contributed by atoms with Gasteiger partial charge in [0.05, 0.1) is 0 Å². The topological polar surface area (TPSA) is 110 Å². The van der Waals surface area contributed by atoms with E-state index >= 15 is 0 Å². The predicted octanol–water partition coefficient (Wildman–Crippen LogP) is 2.24. The molecule has 0 bridgehead atoms. The molecule has 0 radical (unpaired) electrons. The van der Waals surface area contributed by atoms with Crippen LogP contribution in [0.5, 0.6) is 0 Å². The Morgan fingerprint density at radius 2 is 1.19 bits per heavy atom. The van der Waals surface area contributed by atoms with E-state index in [-0.39, 0.29) is 5.76 Å². The van der Waals surface area contributed by atoms with E-state index in [1.165, 1.54) is 12.2 Å². The van der Waals surface area contributed by atoms with Crippen LogP contribution in [0.3, 0.4) is 0 Å². The van der Waals surface area contributed by atoms with Crippen LogP contribution < -0.4 is 0 Å². The Bertz CT molecular complexity index is 763. The van der Waals surface area contributed by atoms with E-state index in [1.54, 1.807) is 60.7 Å². The maximum atomic E-state index is 10.2. The average molecular weight is 393 g/mol. The molecule has 5 N–H and O–H groups in total. The number of rotatable bonds is 8. The summed E-state index contributed by atoms with van der Waals surface area (Å²) in [6.07, 6.45) is -4.73. The summed E-state index contributed by atoms with van der Waals surface area (Å²) in [5.74, 6) is -0.798. The second kappa shape index (κ2) is 10.1. The summed E-state index contributed by atoms with van der Waals surface area (Å²) < 4.78 is 4.58. The molecule has 0 spiro atoms. The van der Waals surface area contributed by atoms with Crippen molar-refractivity contribution < 1.29 is 29.8 Å².